The number of pyridine rings is 1. The summed E-state index contributed by atoms with van der Waals surface area (Å²) in [5.41, 5.74) is 2.22. The second-order valence-electron chi connectivity index (χ2n) is 6.07. The molecule has 4 heteroatoms. The Morgan fingerprint density at radius 3 is 3.15 bits per heavy atom. The first-order valence-corrected chi connectivity index (χ1v) is 7.54. The first kappa shape index (κ1) is 13.6. The van der Waals surface area contributed by atoms with E-state index in [1.54, 1.807) is 6.20 Å². The van der Waals surface area contributed by atoms with Crippen molar-refractivity contribution in [2.45, 2.75) is 39.2 Å². The summed E-state index contributed by atoms with van der Waals surface area (Å²) < 4.78 is 5.86. The average molecular weight is 274 g/mol. The summed E-state index contributed by atoms with van der Waals surface area (Å²) in [6.07, 6.45) is 6.54. The van der Waals surface area contributed by atoms with Gasteiger partial charge in [-0.1, -0.05) is 13.8 Å². The van der Waals surface area contributed by atoms with Gasteiger partial charge < -0.3 is 9.64 Å². The van der Waals surface area contributed by atoms with Crippen LogP contribution in [0.3, 0.4) is 0 Å². The van der Waals surface area contributed by atoms with E-state index in [4.69, 9.17) is 4.74 Å². The van der Waals surface area contributed by atoms with Crippen molar-refractivity contribution in [1.82, 2.24) is 4.98 Å². The number of fused-ring (bicyclic) bond motifs is 1. The van der Waals surface area contributed by atoms with E-state index < -0.39 is 0 Å². The molecule has 4 nitrogen and oxygen atoms in total. The van der Waals surface area contributed by atoms with Crippen molar-refractivity contribution in [1.29, 1.82) is 0 Å². The van der Waals surface area contributed by atoms with Gasteiger partial charge in [-0.25, -0.2) is 0 Å². The van der Waals surface area contributed by atoms with Gasteiger partial charge in [0.05, 0.1) is 12.0 Å². The number of ether oxygens (including phenoxy) is 1. The largest absolute Gasteiger partial charge is 0.377 e. The highest BCUT2D eigenvalue weighted by molar-refractivity contribution is 5.97. The van der Waals surface area contributed by atoms with E-state index in [0.717, 1.165) is 38.1 Å². The van der Waals surface area contributed by atoms with E-state index in [-0.39, 0.29) is 17.9 Å². The molecule has 2 aliphatic rings. The van der Waals surface area contributed by atoms with Gasteiger partial charge in [0.1, 0.15) is 0 Å². The van der Waals surface area contributed by atoms with E-state index in [0.29, 0.717) is 5.92 Å². The molecule has 0 saturated carbocycles. The summed E-state index contributed by atoms with van der Waals surface area (Å²) >= 11 is 0. The van der Waals surface area contributed by atoms with Crippen molar-refractivity contribution in [2.24, 2.45) is 11.8 Å². The summed E-state index contributed by atoms with van der Waals surface area (Å²) in [6.45, 7) is 5.84. The molecule has 0 N–H and O–H groups in total. The zero-order valence-electron chi connectivity index (χ0n) is 12.2. The molecule has 3 heterocycles. The summed E-state index contributed by atoms with van der Waals surface area (Å²) in [5.74, 6) is 0.611. The number of carbonyl (C=O) groups is 1. The van der Waals surface area contributed by atoms with Gasteiger partial charge in [0, 0.05) is 31.2 Å². The second-order valence-corrected chi connectivity index (χ2v) is 6.07. The number of hydrogen-bond acceptors (Lipinski definition) is 3. The Labute approximate surface area is 120 Å². The van der Waals surface area contributed by atoms with Crippen LogP contribution in [0.2, 0.25) is 0 Å². The molecule has 1 aromatic heterocycles. The molecule has 2 atom stereocenters. The van der Waals surface area contributed by atoms with Crippen LogP contribution >= 0.6 is 0 Å². The molecule has 1 aromatic rings. The molecule has 20 heavy (non-hydrogen) atoms. The maximum atomic E-state index is 12.9. The van der Waals surface area contributed by atoms with Crippen LogP contribution in [-0.2, 0) is 16.0 Å². The third-order valence-corrected chi connectivity index (χ3v) is 4.38. The molecular weight excluding hydrogens is 252 g/mol. The average Bonchev–Trinajstić information content (AvgIpc) is 2.90. The number of rotatable bonds is 2. The fourth-order valence-corrected chi connectivity index (χ4v) is 3.38. The summed E-state index contributed by atoms with van der Waals surface area (Å²) in [5, 5.41) is 0. The van der Waals surface area contributed by atoms with Crippen LogP contribution in [0.1, 0.15) is 32.3 Å². The maximum Gasteiger partial charge on any atom is 0.232 e. The Bertz CT molecular complexity index is 501. The van der Waals surface area contributed by atoms with Gasteiger partial charge in [0.25, 0.3) is 0 Å². The van der Waals surface area contributed by atoms with E-state index in [2.05, 4.69) is 18.8 Å². The molecule has 0 aliphatic carbocycles. The Balaban J connectivity index is 1.82. The lowest BCUT2D eigenvalue weighted by atomic mass is 9.86. The zero-order valence-corrected chi connectivity index (χ0v) is 12.2. The van der Waals surface area contributed by atoms with Gasteiger partial charge in [-0.2, -0.15) is 0 Å². The highest BCUT2D eigenvalue weighted by Gasteiger charge is 2.38. The van der Waals surface area contributed by atoms with Gasteiger partial charge in [-0.3, -0.25) is 9.78 Å². The fourth-order valence-electron chi connectivity index (χ4n) is 3.38. The Kier molecular flexibility index (Phi) is 3.74. The highest BCUT2D eigenvalue weighted by Crippen LogP contribution is 2.33. The molecule has 0 aromatic carbocycles. The molecule has 3 rings (SSSR count). The molecule has 108 valence electrons. The number of anilines is 1. The lowest BCUT2D eigenvalue weighted by molar-refractivity contribution is -0.134. The standard InChI is InChI=1S/C16H22N2O2/c1-11(2)15-13(4-3-9-20-15)16(19)18-8-6-12-10-17-7-5-14(12)18/h5,7,10-11,13,15H,3-4,6,8-9H2,1-2H3/t13-,15+/m0/s1. The van der Waals surface area contributed by atoms with Crippen molar-refractivity contribution in [3.63, 3.8) is 0 Å². The van der Waals surface area contributed by atoms with Gasteiger partial charge in [0.2, 0.25) is 5.91 Å². The van der Waals surface area contributed by atoms with E-state index >= 15 is 0 Å². The van der Waals surface area contributed by atoms with Gasteiger partial charge in [0.15, 0.2) is 0 Å². The van der Waals surface area contributed by atoms with Crippen LogP contribution in [0.5, 0.6) is 0 Å². The molecule has 1 fully saturated rings. The molecule has 1 amide bonds. The van der Waals surface area contributed by atoms with Gasteiger partial charge >= 0.3 is 0 Å². The third kappa shape index (κ3) is 2.33. The lowest BCUT2D eigenvalue weighted by Crippen LogP contribution is -2.45. The van der Waals surface area contributed by atoms with Crippen molar-refractivity contribution in [3.8, 4) is 0 Å². The van der Waals surface area contributed by atoms with Crippen LogP contribution in [-0.4, -0.2) is 30.1 Å². The number of aromatic nitrogens is 1. The van der Waals surface area contributed by atoms with Crippen LogP contribution in [0, 0.1) is 11.8 Å². The predicted molar refractivity (Wildman–Crippen MR) is 77.6 cm³/mol. The monoisotopic (exact) mass is 274 g/mol. The molecule has 2 aliphatic heterocycles. The number of amides is 1. The Morgan fingerprint density at radius 1 is 1.50 bits per heavy atom. The minimum absolute atomic E-state index is 0.00265. The van der Waals surface area contributed by atoms with E-state index in [9.17, 15) is 4.79 Å². The third-order valence-electron chi connectivity index (χ3n) is 4.38. The number of carbonyl (C=O) groups excluding carboxylic acids is 1. The van der Waals surface area contributed by atoms with E-state index in [1.807, 2.05) is 17.2 Å². The van der Waals surface area contributed by atoms with E-state index in [1.165, 1.54) is 5.56 Å². The predicted octanol–water partition coefficient (Wildman–Crippen LogP) is 2.42. The van der Waals surface area contributed by atoms with Crippen LogP contribution in [0.15, 0.2) is 18.5 Å². The van der Waals surface area contributed by atoms with Gasteiger partial charge in [-0.05, 0) is 36.8 Å². The Morgan fingerprint density at radius 2 is 2.35 bits per heavy atom. The van der Waals surface area contributed by atoms with Crippen LogP contribution in [0.4, 0.5) is 5.69 Å². The normalized spacial score (nSPS) is 25.9. The summed E-state index contributed by atoms with van der Waals surface area (Å²) in [6, 6.07) is 1.95. The molecule has 0 unspecified atom stereocenters. The van der Waals surface area contributed by atoms with Crippen molar-refractivity contribution in [2.75, 3.05) is 18.1 Å². The van der Waals surface area contributed by atoms with Crippen molar-refractivity contribution < 1.29 is 9.53 Å². The van der Waals surface area contributed by atoms with Crippen LogP contribution in [0.25, 0.3) is 0 Å². The lowest BCUT2D eigenvalue weighted by Gasteiger charge is -2.35. The number of nitrogens with zero attached hydrogens (tertiary/aromatic N) is 2. The first-order chi connectivity index (χ1) is 9.68. The van der Waals surface area contributed by atoms with Crippen LogP contribution < -0.4 is 4.90 Å². The van der Waals surface area contributed by atoms with Crippen molar-refractivity contribution in [3.05, 3.63) is 24.0 Å². The Hall–Kier alpha value is -1.42. The molecule has 0 spiro atoms. The second kappa shape index (κ2) is 5.52. The van der Waals surface area contributed by atoms with Gasteiger partial charge in [-0.15, -0.1) is 0 Å². The minimum Gasteiger partial charge on any atom is -0.377 e. The maximum absolute atomic E-state index is 12.9. The fraction of sp³-hybridized carbons (Fsp3) is 0.625. The highest BCUT2D eigenvalue weighted by atomic mass is 16.5. The number of hydrogen-bond donors (Lipinski definition) is 0. The molecule has 0 bridgehead atoms. The zero-order chi connectivity index (χ0) is 14.1. The molecule has 0 radical (unpaired) electrons. The smallest absolute Gasteiger partial charge is 0.232 e. The summed E-state index contributed by atoms with van der Waals surface area (Å²) in [4.78, 5) is 19.0. The molecule has 1 saturated heterocycles. The summed E-state index contributed by atoms with van der Waals surface area (Å²) in [7, 11) is 0. The topological polar surface area (TPSA) is 42.4 Å². The van der Waals surface area contributed by atoms with Crippen molar-refractivity contribution >= 4 is 11.6 Å². The first-order valence-electron chi connectivity index (χ1n) is 7.54. The minimum atomic E-state index is 0.00265. The molecular formula is C16H22N2O2. The SMILES string of the molecule is CC(C)[C@H]1OCCC[C@@H]1C(=O)N1CCc2cnccc21. The quantitative estimate of drug-likeness (QED) is 0.831.